The van der Waals surface area contributed by atoms with Crippen LogP contribution in [0, 0.1) is 0 Å². The molecular formula is C11H20F2N2. The Bertz CT molecular complexity index is 225. The smallest absolute Gasteiger partial charge is 0.265 e. The summed E-state index contributed by atoms with van der Waals surface area (Å²) >= 11 is 0. The molecule has 1 unspecified atom stereocenters. The number of hydrogen-bond acceptors (Lipinski definition) is 2. The molecular weight excluding hydrogens is 198 g/mol. The van der Waals surface area contributed by atoms with Gasteiger partial charge in [-0.15, -0.1) is 0 Å². The molecule has 15 heavy (non-hydrogen) atoms. The van der Waals surface area contributed by atoms with Crippen molar-refractivity contribution in [3.8, 4) is 0 Å². The molecule has 1 atom stereocenters. The topological polar surface area (TPSA) is 15.3 Å². The van der Waals surface area contributed by atoms with Gasteiger partial charge in [0.25, 0.3) is 5.92 Å². The third-order valence-electron chi connectivity index (χ3n) is 3.43. The molecule has 88 valence electrons. The van der Waals surface area contributed by atoms with Gasteiger partial charge in [0.05, 0.1) is 6.04 Å². The summed E-state index contributed by atoms with van der Waals surface area (Å²) in [6.45, 7) is 5.13. The normalized spacial score (nSPS) is 30.4. The van der Waals surface area contributed by atoms with Crippen molar-refractivity contribution >= 4 is 0 Å². The zero-order chi connectivity index (χ0) is 11.1. The van der Waals surface area contributed by atoms with E-state index in [4.69, 9.17) is 0 Å². The van der Waals surface area contributed by atoms with Crippen LogP contribution in [0.5, 0.6) is 0 Å². The lowest BCUT2D eigenvalue weighted by Crippen LogP contribution is -2.48. The lowest BCUT2D eigenvalue weighted by molar-refractivity contribution is -0.0241. The monoisotopic (exact) mass is 218 g/mol. The minimum Gasteiger partial charge on any atom is -0.307 e. The Morgan fingerprint density at radius 1 is 1.40 bits per heavy atom. The van der Waals surface area contributed by atoms with Crippen molar-refractivity contribution in [1.82, 2.24) is 10.2 Å². The molecule has 1 heterocycles. The van der Waals surface area contributed by atoms with Crippen LogP contribution in [0.2, 0.25) is 0 Å². The Morgan fingerprint density at radius 3 is 2.47 bits per heavy atom. The van der Waals surface area contributed by atoms with Gasteiger partial charge in [0.2, 0.25) is 0 Å². The Balaban J connectivity index is 1.93. The fraction of sp³-hybridized carbons (Fsp3) is 1.00. The molecule has 1 aliphatic carbocycles. The van der Waals surface area contributed by atoms with Gasteiger partial charge in [0.1, 0.15) is 0 Å². The first-order chi connectivity index (χ1) is 7.00. The first-order valence-electron chi connectivity index (χ1n) is 5.87. The van der Waals surface area contributed by atoms with Crippen LogP contribution in [0.1, 0.15) is 33.1 Å². The van der Waals surface area contributed by atoms with Crippen molar-refractivity contribution in [2.45, 2.75) is 57.2 Å². The van der Waals surface area contributed by atoms with E-state index in [9.17, 15) is 8.78 Å². The minimum atomic E-state index is -2.51. The van der Waals surface area contributed by atoms with Crippen LogP contribution in [-0.4, -0.2) is 42.0 Å². The van der Waals surface area contributed by atoms with E-state index < -0.39 is 12.0 Å². The molecule has 0 aromatic heterocycles. The number of alkyl halides is 2. The maximum atomic E-state index is 13.4. The predicted octanol–water partition coefficient (Wildman–Crippen LogP) is 1.86. The van der Waals surface area contributed by atoms with Crippen molar-refractivity contribution in [1.29, 1.82) is 0 Å². The lowest BCUT2D eigenvalue weighted by Gasteiger charge is -2.31. The first kappa shape index (κ1) is 11.3. The summed E-state index contributed by atoms with van der Waals surface area (Å²) in [5.74, 6) is -2.51. The lowest BCUT2D eigenvalue weighted by atomic mass is 10.1. The van der Waals surface area contributed by atoms with Crippen LogP contribution in [0.3, 0.4) is 0 Å². The highest BCUT2D eigenvalue weighted by Gasteiger charge is 2.46. The second-order valence-corrected chi connectivity index (χ2v) is 5.04. The molecule has 1 N–H and O–H groups in total. The number of hydrogen-bond donors (Lipinski definition) is 1. The third kappa shape index (κ3) is 2.48. The maximum Gasteiger partial charge on any atom is 0.265 e. The third-order valence-corrected chi connectivity index (χ3v) is 3.43. The van der Waals surface area contributed by atoms with Gasteiger partial charge in [-0.2, -0.15) is 0 Å². The molecule has 2 rings (SSSR count). The second-order valence-electron chi connectivity index (χ2n) is 5.04. The standard InChI is InChI=1S/C11H20F2N2/c1-8(2)15(9-3-4-9)7-10-11(12,13)5-6-14-10/h8-10,14H,3-7H2,1-2H3. The first-order valence-corrected chi connectivity index (χ1v) is 5.87. The molecule has 0 radical (unpaired) electrons. The van der Waals surface area contributed by atoms with Crippen LogP contribution in [0.15, 0.2) is 0 Å². The number of halogens is 2. The van der Waals surface area contributed by atoms with E-state index in [0.29, 0.717) is 25.2 Å². The summed E-state index contributed by atoms with van der Waals surface area (Å²) in [7, 11) is 0. The molecule has 1 saturated carbocycles. The highest BCUT2D eigenvalue weighted by Crippen LogP contribution is 2.33. The Hall–Kier alpha value is -0.220. The highest BCUT2D eigenvalue weighted by molar-refractivity contribution is 4.96. The molecule has 1 saturated heterocycles. The highest BCUT2D eigenvalue weighted by atomic mass is 19.3. The van der Waals surface area contributed by atoms with Gasteiger partial charge < -0.3 is 5.32 Å². The Morgan fingerprint density at radius 2 is 2.07 bits per heavy atom. The van der Waals surface area contributed by atoms with Crippen LogP contribution in [0.25, 0.3) is 0 Å². The predicted molar refractivity (Wildman–Crippen MR) is 56.2 cm³/mol. The van der Waals surface area contributed by atoms with Crippen molar-refractivity contribution in [3.63, 3.8) is 0 Å². The molecule has 2 nitrogen and oxygen atoms in total. The van der Waals surface area contributed by atoms with E-state index in [0.717, 1.165) is 0 Å². The van der Waals surface area contributed by atoms with Gasteiger partial charge in [0.15, 0.2) is 0 Å². The number of nitrogens with zero attached hydrogens (tertiary/aromatic N) is 1. The molecule has 4 heteroatoms. The van der Waals surface area contributed by atoms with Gasteiger partial charge in [-0.1, -0.05) is 0 Å². The van der Waals surface area contributed by atoms with Gasteiger partial charge in [-0.3, -0.25) is 4.90 Å². The minimum absolute atomic E-state index is 0.00569. The van der Waals surface area contributed by atoms with Gasteiger partial charge in [-0.25, -0.2) is 8.78 Å². The molecule has 2 aliphatic rings. The Labute approximate surface area is 90.0 Å². The largest absolute Gasteiger partial charge is 0.307 e. The zero-order valence-corrected chi connectivity index (χ0v) is 9.47. The molecule has 0 bridgehead atoms. The summed E-state index contributed by atoms with van der Waals surface area (Å²) in [6.07, 6.45) is 2.35. The molecule has 2 fully saturated rings. The van der Waals surface area contributed by atoms with Crippen LogP contribution in [-0.2, 0) is 0 Å². The van der Waals surface area contributed by atoms with Crippen LogP contribution < -0.4 is 5.32 Å². The van der Waals surface area contributed by atoms with Crippen molar-refractivity contribution < 1.29 is 8.78 Å². The molecule has 0 amide bonds. The molecule has 0 spiro atoms. The summed E-state index contributed by atoms with van der Waals surface area (Å²) in [5.41, 5.74) is 0. The fourth-order valence-corrected chi connectivity index (χ4v) is 2.33. The average molecular weight is 218 g/mol. The van der Waals surface area contributed by atoms with E-state index in [1.807, 2.05) is 0 Å². The van der Waals surface area contributed by atoms with E-state index in [1.54, 1.807) is 0 Å². The fourth-order valence-electron chi connectivity index (χ4n) is 2.33. The summed E-state index contributed by atoms with van der Waals surface area (Å²) < 4.78 is 26.9. The average Bonchev–Trinajstić information content (AvgIpc) is 2.88. The van der Waals surface area contributed by atoms with E-state index in [1.165, 1.54) is 12.8 Å². The summed E-state index contributed by atoms with van der Waals surface area (Å²) in [5, 5.41) is 2.92. The quantitative estimate of drug-likeness (QED) is 0.774. The van der Waals surface area contributed by atoms with Gasteiger partial charge >= 0.3 is 0 Å². The van der Waals surface area contributed by atoms with E-state index >= 15 is 0 Å². The zero-order valence-electron chi connectivity index (χ0n) is 9.47. The maximum absolute atomic E-state index is 13.4. The second kappa shape index (κ2) is 3.98. The number of rotatable bonds is 4. The van der Waals surface area contributed by atoms with Crippen molar-refractivity contribution in [3.05, 3.63) is 0 Å². The summed E-state index contributed by atoms with van der Waals surface area (Å²) in [4.78, 5) is 2.22. The molecule has 0 aromatic rings. The summed E-state index contributed by atoms with van der Waals surface area (Å²) in [6, 6.07) is 0.291. The van der Waals surface area contributed by atoms with Crippen molar-refractivity contribution in [2.75, 3.05) is 13.1 Å². The van der Waals surface area contributed by atoms with Crippen LogP contribution in [0.4, 0.5) is 8.78 Å². The number of nitrogens with one attached hydrogen (secondary N) is 1. The van der Waals surface area contributed by atoms with Gasteiger partial charge in [0, 0.05) is 31.6 Å². The molecule has 0 aromatic carbocycles. The van der Waals surface area contributed by atoms with Crippen molar-refractivity contribution in [2.24, 2.45) is 0 Å². The Kier molecular flexibility index (Phi) is 2.99. The SMILES string of the molecule is CC(C)N(CC1NCCC1(F)F)C1CC1. The van der Waals surface area contributed by atoms with Gasteiger partial charge in [-0.05, 0) is 26.7 Å². The van der Waals surface area contributed by atoms with E-state index in [-0.39, 0.29) is 6.42 Å². The molecule has 1 aliphatic heterocycles. The van der Waals surface area contributed by atoms with Crippen LogP contribution >= 0.6 is 0 Å². The van der Waals surface area contributed by atoms with E-state index in [2.05, 4.69) is 24.1 Å².